The Morgan fingerprint density at radius 3 is 2.30 bits per heavy atom. The Balaban J connectivity index is 1.68. The predicted octanol–water partition coefficient (Wildman–Crippen LogP) is 1.65. The van der Waals surface area contributed by atoms with Crippen molar-refractivity contribution in [3.05, 3.63) is 59.7 Å². The highest BCUT2D eigenvalue weighted by molar-refractivity contribution is 7.80. The molecule has 2 rings (SSSR count). The number of hydrogen-bond donors (Lipinski definition) is 3. The molecule has 0 aromatic heterocycles. The van der Waals surface area contributed by atoms with Crippen LogP contribution in [-0.2, 0) is 16.0 Å². The van der Waals surface area contributed by atoms with Crippen molar-refractivity contribution in [2.24, 2.45) is 0 Å². The van der Waals surface area contributed by atoms with Gasteiger partial charge in [0.2, 0.25) is 5.91 Å². The first-order valence-corrected chi connectivity index (χ1v) is 8.59. The average Bonchev–Trinajstić information content (AvgIpc) is 2.67. The Morgan fingerprint density at radius 2 is 1.63 bits per heavy atom. The molecule has 0 saturated carbocycles. The molecule has 7 nitrogen and oxygen atoms in total. The SMILES string of the molecule is COc1ccc(OCC(=O)NNC(=S)NC(=O)Cc2ccccc2C)cc1. The van der Waals surface area contributed by atoms with Crippen molar-refractivity contribution < 1.29 is 19.1 Å². The number of carbonyl (C=O) groups is 2. The van der Waals surface area contributed by atoms with Gasteiger partial charge in [-0.3, -0.25) is 20.4 Å². The first-order chi connectivity index (χ1) is 13.0. The molecule has 0 bridgehead atoms. The Bertz CT molecular complexity index is 809. The minimum Gasteiger partial charge on any atom is -0.497 e. The van der Waals surface area contributed by atoms with E-state index < -0.39 is 5.91 Å². The lowest BCUT2D eigenvalue weighted by molar-refractivity contribution is -0.124. The maximum Gasteiger partial charge on any atom is 0.276 e. The van der Waals surface area contributed by atoms with Gasteiger partial charge >= 0.3 is 0 Å². The number of nitrogens with one attached hydrogen (secondary N) is 3. The lowest BCUT2D eigenvalue weighted by Gasteiger charge is -2.12. The molecule has 0 aliphatic rings. The van der Waals surface area contributed by atoms with Crippen LogP contribution in [-0.4, -0.2) is 30.6 Å². The van der Waals surface area contributed by atoms with Gasteiger partial charge in [-0.1, -0.05) is 24.3 Å². The number of benzene rings is 2. The zero-order valence-electron chi connectivity index (χ0n) is 15.1. The Morgan fingerprint density at radius 1 is 0.963 bits per heavy atom. The topological polar surface area (TPSA) is 88.7 Å². The second-order valence-electron chi connectivity index (χ2n) is 5.62. The van der Waals surface area contributed by atoms with E-state index in [0.717, 1.165) is 11.1 Å². The van der Waals surface area contributed by atoms with Crippen LogP contribution in [0, 0.1) is 6.92 Å². The molecule has 2 aromatic rings. The summed E-state index contributed by atoms with van der Waals surface area (Å²) >= 11 is 4.99. The van der Waals surface area contributed by atoms with Gasteiger partial charge in [-0.15, -0.1) is 0 Å². The van der Waals surface area contributed by atoms with Crippen LogP contribution in [0.25, 0.3) is 0 Å². The smallest absolute Gasteiger partial charge is 0.276 e. The van der Waals surface area contributed by atoms with Crippen molar-refractivity contribution in [2.75, 3.05) is 13.7 Å². The third-order valence-corrected chi connectivity index (χ3v) is 3.81. The van der Waals surface area contributed by atoms with E-state index in [4.69, 9.17) is 21.7 Å². The molecule has 2 amide bonds. The van der Waals surface area contributed by atoms with Gasteiger partial charge in [-0.05, 0) is 54.5 Å². The highest BCUT2D eigenvalue weighted by atomic mass is 32.1. The standard InChI is InChI=1S/C19H21N3O4S/c1-13-5-3-4-6-14(13)11-17(23)20-19(27)22-21-18(24)12-26-16-9-7-15(25-2)8-10-16/h3-10H,11-12H2,1-2H3,(H,21,24)(H2,20,22,23,27). The highest BCUT2D eigenvalue weighted by Gasteiger charge is 2.09. The number of methoxy groups -OCH3 is 1. The molecule has 27 heavy (non-hydrogen) atoms. The zero-order valence-corrected chi connectivity index (χ0v) is 15.9. The third kappa shape index (κ3) is 6.95. The van der Waals surface area contributed by atoms with E-state index in [1.807, 2.05) is 31.2 Å². The molecule has 0 aliphatic carbocycles. The quantitative estimate of drug-likeness (QED) is 0.516. The Kier molecular flexibility index (Phi) is 7.57. The van der Waals surface area contributed by atoms with Gasteiger partial charge in [0.1, 0.15) is 11.5 Å². The van der Waals surface area contributed by atoms with Crippen molar-refractivity contribution >= 4 is 29.1 Å². The highest BCUT2D eigenvalue weighted by Crippen LogP contribution is 2.16. The van der Waals surface area contributed by atoms with Crippen molar-refractivity contribution in [1.82, 2.24) is 16.2 Å². The van der Waals surface area contributed by atoms with Crippen molar-refractivity contribution in [1.29, 1.82) is 0 Å². The number of ether oxygens (including phenoxy) is 2. The summed E-state index contributed by atoms with van der Waals surface area (Å²) < 4.78 is 10.4. The molecule has 0 unspecified atom stereocenters. The first-order valence-electron chi connectivity index (χ1n) is 8.18. The van der Waals surface area contributed by atoms with Crippen LogP contribution in [0.3, 0.4) is 0 Å². The predicted molar refractivity (Wildman–Crippen MR) is 105 cm³/mol. The fraction of sp³-hybridized carbons (Fsp3) is 0.211. The second kappa shape index (κ2) is 10.1. The number of aryl methyl sites for hydroxylation is 1. The van der Waals surface area contributed by atoms with Gasteiger partial charge in [0, 0.05) is 0 Å². The molecular formula is C19H21N3O4S. The minimum atomic E-state index is -0.443. The van der Waals surface area contributed by atoms with Crippen LogP contribution < -0.4 is 25.6 Å². The van der Waals surface area contributed by atoms with Crippen LogP contribution in [0.15, 0.2) is 48.5 Å². The monoisotopic (exact) mass is 387 g/mol. The summed E-state index contributed by atoms with van der Waals surface area (Å²) in [5.74, 6) is 0.507. The molecular weight excluding hydrogens is 366 g/mol. The summed E-state index contributed by atoms with van der Waals surface area (Å²) in [4.78, 5) is 23.8. The number of hydrogen-bond acceptors (Lipinski definition) is 5. The van der Waals surface area contributed by atoms with E-state index in [1.165, 1.54) is 0 Å². The van der Waals surface area contributed by atoms with Gasteiger partial charge in [0.05, 0.1) is 13.5 Å². The molecule has 0 spiro atoms. The van der Waals surface area contributed by atoms with E-state index in [0.29, 0.717) is 11.5 Å². The van der Waals surface area contributed by atoms with Gasteiger partial charge in [0.25, 0.3) is 5.91 Å². The van der Waals surface area contributed by atoms with E-state index in [2.05, 4.69) is 16.2 Å². The molecule has 0 radical (unpaired) electrons. The fourth-order valence-corrected chi connectivity index (χ4v) is 2.33. The molecule has 2 aromatic carbocycles. The normalized spacial score (nSPS) is 9.85. The molecule has 8 heteroatoms. The number of rotatable bonds is 6. The average molecular weight is 387 g/mol. The van der Waals surface area contributed by atoms with Crippen LogP contribution in [0.5, 0.6) is 11.5 Å². The van der Waals surface area contributed by atoms with Gasteiger partial charge < -0.3 is 14.8 Å². The lowest BCUT2D eigenvalue weighted by atomic mass is 10.1. The summed E-state index contributed by atoms with van der Waals surface area (Å²) in [6.07, 6.45) is 0.197. The Labute approximate surface area is 163 Å². The maximum atomic E-state index is 12.0. The zero-order chi connectivity index (χ0) is 19.6. The lowest BCUT2D eigenvalue weighted by Crippen LogP contribution is -2.50. The van der Waals surface area contributed by atoms with E-state index in [9.17, 15) is 9.59 Å². The van der Waals surface area contributed by atoms with Crippen LogP contribution in [0.4, 0.5) is 0 Å². The number of thiocarbonyl (C=S) groups is 1. The molecule has 142 valence electrons. The maximum absolute atomic E-state index is 12.0. The van der Waals surface area contributed by atoms with Crippen LogP contribution in [0.2, 0.25) is 0 Å². The van der Waals surface area contributed by atoms with E-state index in [1.54, 1.807) is 31.4 Å². The van der Waals surface area contributed by atoms with E-state index >= 15 is 0 Å². The minimum absolute atomic E-state index is 0.00591. The van der Waals surface area contributed by atoms with Crippen LogP contribution >= 0.6 is 12.2 Å². The largest absolute Gasteiger partial charge is 0.497 e. The van der Waals surface area contributed by atoms with E-state index in [-0.39, 0.29) is 24.0 Å². The summed E-state index contributed by atoms with van der Waals surface area (Å²) in [5.41, 5.74) is 6.76. The number of hydrazine groups is 1. The van der Waals surface area contributed by atoms with Crippen molar-refractivity contribution in [2.45, 2.75) is 13.3 Å². The number of carbonyl (C=O) groups excluding carboxylic acids is 2. The molecule has 3 N–H and O–H groups in total. The fourth-order valence-electron chi connectivity index (χ4n) is 2.17. The second-order valence-corrected chi connectivity index (χ2v) is 6.03. The molecule has 0 atom stereocenters. The van der Waals surface area contributed by atoms with Gasteiger partial charge in [-0.25, -0.2) is 0 Å². The summed E-state index contributed by atoms with van der Waals surface area (Å²) in [6.45, 7) is 1.72. The van der Waals surface area contributed by atoms with Crippen molar-refractivity contribution in [3.8, 4) is 11.5 Å². The molecule has 0 fully saturated rings. The molecule has 0 saturated heterocycles. The van der Waals surface area contributed by atoms with Gasteiger partial charge in [-0.2, -0.15) is 0 Å². The van der Waals surface area contributed by atoms with Crippen LogP contribution in [0.1, 0.15) is 11.1 Å². The first kappa shape index (κ1) is 20.2. The molecule has 0 aliphatic heterocycles. The number of amides is 2. The van der Waals surface area contributed by atoms with Gasteiger partial charge in [0.15, 0.2) is 11.7 Å². The summed E-state index contributed by atoms with van der Waals surface area (Å²) in [7, 11) is 1.57. The summed E-state index contributed by atoms with van der Waals surface area (Å²) in [5, 5.41) is 2.52. The molecule has 0 heterocycles. The van der Waals surface area contributed by atoms with Crippen molar-refractivity contribution in [3.63, 3.8) is 0 Å². The third-order valence-electron chi connectivity index (χ3n) is 3.61. The summed E-state index contributed by atoms with van der Waals surface area (Å²) in [6, 6.07) is 14.4. The Hall–Kier alpha value is -3.13.